The molecular formula is C21H33NO7. The molecule has 0 radical (unpaired) electrons. The average molecular weight is 411 g/mol. The van der Waals surface area contributed by atoms with E-state index in [1.54, 1.807) is 7.11 Å². The fraction of sp³-hybridized carbons (Fsp3) is 0.524. The molecule has 0 bridgehead atoms. The number of nitrogens with zero attached hydrogens (tertiary/aromatic N) is 1. The van der Waals surface area contributed by atoms with E-state index in [4.69, 9.17) is 14.9 Å². The number of methoxy groups -OCH3 is 1. The molecule has 1 unspecified atom stereocenters. The first kappa shape index (κ1) is 26.6. The summed E-state index contributed by atoms with van der Waals surface area (Å²) in [4.78, 5) is 21.3. The lowest BCUT2D eigenvalue weighted by molar-refractivity contribution is -0.134. The quantitative estimate of drug-likeness (QED) is 0.583. The van der Waals surface area contributed by atoms with E-state index in [9.17, 15) is 14.7 Å². The Hall–Kier alpha value is -2.42. The van der Waals surface area contributed by atoms with Gasteiger partial charge in [-0.05, 0) is 44.6 Å². The van der Waals surface area contributed by atoms with Gasteiger partial charge in [-0.1, -0.05) is 31.4 Å². The summed E-state index contributed by atoms with van der Waals surface area (Å²) in [5.74, 6) is -1.48. The Bertz CT molecular complexity index is 633. The van der Waals surface area contributed by atoms with Crippen LogP contribution < -0.4 is 4.74 Å². The van der Waals surface area contributed by atoms with Crippen LogP contribution in [0.5, 0.6) is 5.75 Å². The normalized spacial score (nSPS) is 16.3. The van der Waals surface area contributed by atoms with E-state index >= 15 is 0 Å². The highest BCUT2D eigenvalue weighted by molar-refractivity contribution is 5.89. The Labute approximate surface area is 171 Å². The molecular weight excluding hydrogens is 378 g/mol. The number of hydrogen-bond donors (Lipinski definition) is 3. The van der Waals surface area contributed by atoms with E-state index in [-0.39, 0.29) is 11.4 Å². The highest BCUT2D eigenvalue weighted by atomic mass is 16.5. The predicted octanol–water partition coefficient (Wildman–Crippen LogP) is 1.92. The molecule has 2 rings (SSSR count). The van der Waals surface area contributed by atoms with Crippen LogP contribution in [-0.4, -0.2) is 71.0 Å². The number of ether oxygens (including phenoxy) is 1. The maximum atomic E-state index is 11.1. The topological polar surface area (TPSA) is 139 Å². The summed E-state index contributed by atoms with van der Waals surface area (Å²) >= 11 is 0. The SMILES string of the molecule is COc1ccc(C(CN(C)C)C2(O)CCCCC2)cc1.O.O=C(O)C=CC(=O)O. The molecule has 5 N–H and O–H groups in total. The molecule has 0 aromatic heterocycles. The summed E-state index contributed by atoms with van der Waals surface area (Å²) < 4.78 is 5.23. The zero-order valence-corrected chi connectivity index (χ0v) is 17.3. The van der Waals surface area contributed by atoms with Crippen LogP contribution in [0.25, 0.3) is 0 Å². The van der Waals surface area contributed by atoms with Crippen molar-refractivity contribution in [2.75, 3.05) is 27.7 Å². The second-order valence-electron chi connectivity index (χ2n) is 7.26. The summed E-state index contributed by atoms with van der Waals surface area (Å²) in [6, 6.07) is 8.17. The van der Waals surface area contributed by atoms with Gasteiger partial charge >= 0.3 is 11.9 Å². The van der Waals surface area contributed by atoms with E-state index < -0.39 is 17.5 Å². The molecule has 1 aliphatic carbocycles. The van der Waals surface area contributed by atoms with Crippen molar-refractivity contribution in [1.82, 2.24) is 4.90 Å². The predicted molar refractivity (Wildman–Crippen MR) is 110 cm³/mol. The number of carboxylic acid groups (broad SMARTS) is 2. The van der Waals surface area contributed by atoms with Crippen molar-refractivity contribution in [3.05, 3.63) is 42.0 Å². The Balaban J connectivity index is 0.000000747. The fourth-order valence-corrected chi connectivity index (χ4v) is 3.44. The van der Waals surface area contributed by atoms with E-state index in [2.05, 4.69) is 31.1 Å². The number of carbonyl (C=O) groups is 2. The first-order chi connectivity index (χ1) is 13.2. The number of aliphatic carboxylic acids is 2. The molecule has 8 nitrogen and oxygen atoms in total. The first-order valence-electron chi connectivity index (χ1n) is 9.33. The minimum atomic E-state index is -1.26. The van der Waals surface area contributed by atoms with Crippen LogP contribution in [-0.2, 0) is 9.59 Å². The van der Waals surface area contributed by atoms with Gasteiger partial charge in [0.1, 0.15) is 5.75 Å². The number of benzene rings is 1. The molecule has 1 atom stereocenters. The molecule has 0 spiro atoms. The Kier molecular flexibility index (Phi) is 11.8. The standard InChI is InChI=1S/C17H27NO2.C4H4O4.H2O/c1-18(2)13-16(17(19)11-5-4-6-12-17)14-7-9-15(20-3)10-8-14;5-3(6)1-2-4(7)8;/h7-10,16,19H,4-6,11-13H2,1-3H3;1-2H,(H,5,6)(H,7,8);1H2. The largest absolute Gasteiger partial charge is 0.497 e. The average Bonchev–Trinajstić information content (AvgIpc) is 2.65. The number of rotatable bonds is 7. The van der Waals surface area contributed by atoms with E-state index in [0.717, 1.165) is 38.0 Å². The van der Waals surface area contributed by atoms with Crippen molar-refractivity contribution >= 4 is 11.9 Å². The van der Waals surface area contributed by atoms with Gasteiger partial charge in [0.05, 0.1) is 12.7 Å². The number of hydrogen-bond acceptors (Lipinski definition) is 5. The summed E-state index contributed by atoms with van der Waals surface area (Å²) in [5, 5.41) is 26.7. The van der Waals surface area contributed by atoms with E-state index in [1.165, 1.54) is 12.0 Å². The van der Waals surface area contributed by atoms with Crippen molar-refractivity contribution < 1.29 is 35.1 Å². The summed E-state index contributed by atoms with van der Waals surface area (Å²) in [5.41, 5.74) is 0.654. The van der Waals surface area contributed by atoms with Crippen molar-refractivity contribution in [3.63, 3.8) is 0 Å². The van der Waals surface area contributed by atoms with Gasteiger partial charge < -0.3 is 30.4 Å². The van der Waals surface area contributed by atoms with Gasteiger partial charge in [-0.2, -0.15) is 0 Å². The molecule has 1 aromatic rings. The Morgan fingerprint density at radius 1 is 1.07 bits per heavy atom. The van der Waals surface area contributed by atoms with Gasteiger partial charge in [-0.15, -0.1) is 0 Å². The van der Waals surface area contributed by atoms with Crippen LogP contribution in [0.3, 0.4) is 0 Å². The molecule has 8 heteroatoms. The lowest BCUT2D eigenvalue weighted by atomic mass is 9.72. The lowest BCUT2D eigenvalue weighted by Crippen LogP contribution is -2.42. The maximum absolute atomic E-state index is 11.1. The molecule has 0 aliphatic heterocycles. The zero-order chi connectivity index (χ0) is 21.2. The van der Waals surface area contributed by atoms with Crippen molar-refractivity contribution in [2.45, 2.75) is 43.6 Å². The molecule has 1 aliphatic rings. The van der Waals surface area contributed by atoms with Crippen molar-refractivity contribution in [1.29, 1.82) is 0 Å². The van der Waals surface area contributed by atoms with Crippen LogP contribution in [0.1, 0.15) is 43.6 Å². The molecule has 0 heterocycles. The monoisotopic (exact) mass is 411 g/mol. The van der Waals surface area contributed by atoms with Gasteiger partial charge in [0, 0.05) is 24.6 Å². The summed E-state index contributed by atoms with van der Waals surface area (Å²) in [7, 11) is 5.83. The van der Waals surface area contributed by atoms with E-state index in [1.807, 2.05) is 12.1 Å². The molecule has 1 aromatic carbocycles. The van der Waals surface area contributed by atoms with Crippen LogP contribution in [0.2, 0.25) is 0 Å². The van der Waals surface area contributed by atoms with Crippen LogP contribution in [0.4, 0.5) is 0 Å². The summed E-state index contributed by atoms with van der Waals surface area (Å²) in [6.07, 6.45) is 6.46. The Morgan fingerprint density at radius 3 is 1.93 bits per heavy atom. The van der Waals surface area contributed by atoms with Gasteiger partial charge in [-0.3, -0.25) is 0 Å². The maximum Gasteiger partial charge on any atom is 0.328 e. The Morgan fingerprint density at radius 2 is 1.55 bits per heavy atom. The fourth-order valence-electron chi connectivity index (χ4n) is 3.44. The third kappa shape index (κ3) is 9.56. The van der Waals surface area contributed by atoms with E-state index in [0.29, 0.717) is 12.2 Å². The molecule has 0 saturated heterocycles. The number of likely N-dealkylation sites (N-methyl/N-ethyl adjacent to an activating group) is 1. The van der Waals surface area contributed by atoms with Crippen LogP contribution >= 0.6 is 0 Å². The number of aliphatic hydroxyl groups is 1. The minimum absolute atomic E-state index is 0. The third-order valence-corrected chi connectivity index (χ3v) is 4.80. The van der Waals surface area contributed by atoms with Crippen LogP contribution in [0.15, 0.2) is 36.4 Å². The summed E-state index contributed by atoms with van der Waals surface area (Å²) in [6.45, 7) is 0.878. The van der Waals surface area contributed by atoms with Gasteiger partial charge in [0.2, 0.25) is 0 Å². The molecule has 29 heavy (non-hydrogen) atoms. The molecule has 1 saturated carbocycles. The second-order valence-corrected chi connectivity index (χ2v) is 7.26. The van der Waals surface area contributed by atoms with Crippen LogP contribution in [0, 0.1) is 0 Å². The lowest BCUT2D eigenvalue weighted by Gasteiger charge is -2.40. The number of carboxylic acids is 2. The third-order valence-electron chi connectivity index (χ3n) is 4.80. The first-order valence-corrected chi connectivity index (χ1v) is 9.33. The molecule has 1 fully saturated rings. The highest BCUT2D eigenvalue weighted by Gasteiger charge is 2.38. The van der Waals surface area contributed by atoms with Gasteiger partial charge in [0.25, 0.3) is 0 Å². The molecule has 164 valence electrons. The van der Waals surface area contributed by atoms with Gasteiger partial charge in [0.15, 0.2) is 0 Å². The van der Waals surface area contributed by atoms with Crippen molar-refractivity contribution in [3.8, 4) is 5.75 Å². The molecule has 0 amide bonds. The van der Waals surface area contributed by atoms with Crippen molar-refractivity contribution in [2.24, 2.45) is 0 Å². The highest BCUT2D eigenvalue weighted by Crippen LogP contribution is 2.40. The zero-order valence-electron chi connectivity index (χ0n) is 17.3. The van der Waals surface area contributed by atoms with Gasteiger partial charge in [-0.25, -0.2) is 9.59 Å². The minimum Gasteiger partial charge on any atom is -0.497 e. The second kappa shape index (κ2) is 12.9. The smallest absolute Gasteiger partial charge is 0.328 e.